The molecule has 0 radical (unpaired) electrons. The number of nitriles is 1. The van der Waals surface area contributed by atoms with Crippen LogP contribution in [0.4, 0.5) is 26.3 Å². The zero-order valence-corrected chi connectivity index (χ0v) is 10.4. The zero-order valence-electron chi connectivity index (χ0n) is 10.4. The Morgan fingerprint density at radius 1 is 1.30 bits per heavy atom. The number of hydrogen-bond donors (Lipinski definition) is 0. The van der Waals surface area contributed by atoms with E-state index >= 15 is 0 Å². The maximum Gasteiger partial charge on any atom is 0.389 e. The molecule has 20 heavy (non-hydrogen) atoms. The first-order valence-electron chi connectivity index (χ1n) is 5.22. The van der Waals surface area contributed by atoms with Crippen LogP contribution in [0.25, 0.3) is 0 Å². The summed E-state index contributed by atoms with van der Waals surface area (Å²) in [6.07, 6.45) is -7.22. The first-order valence-corrected chi connectivity index (χ1v) is 5.22. The molecule has 0 amide bonds. The number of nitrogens with zero attached hydrogens (tertiary/aromatic N) is 1. The molecular formula is C11H10F6NO2-. The molecule has 2 unspecified atom stereocenters. The van der Waals surface area contributed by atoms with Crippen LogP contribution in [-0.4, -0.2) is 23.7 Å². The van der Waals surface area contributed by atoms with Gasteiger partial charge in [0.1, 0.15) is 6.07 Å². The molecular weight excluding hydrogens is 292 g/mol. The summed E-state index contributed by atoms with van der Waals surface area (Å²) in [6.45, 7) is 0.824. The number of aliphatic carboxylic acids is 1. The molecule has 2 atom stereocenters. The maximum absolute atomic E-state index is 13.9. The van der Waals surface area contributed by atoms with Crippen molar-refractivity contribution in [3.05, 3.63) is 11.6 Å². The van der Waals surface area contributed by atoms with Crippen molar-refractivity contribution in [1.29, 1.82) is 5.26 Å². The van der Waals surface area contributed by atoms with Crippen molar-refractivity contribution in [2.75, 3.05) is 0 Å². The van der Waals surface area contributed by atoms with Crippen LogP contribution in [0, 0.1) is 17.2 Å². The Labute approximate surface area is 110 Å². The molecule has 0 aromatic rings. The van der Waals surface area contributed by atoms with E-state index in [1.165, 1.54) is 0 Å². The van der Waals surface area contributed by atoms with Crippen LogP contribution >= 0.6 is 0 Å². The highest BCUT2D eigenvalue weighted by Crippen LogP contribution is 2.43. The second kappa shape index (κ2) is 5.73. The van der Waals surface area contributed by atoms with Gasteiger partial charge in [0, 0.05) is 18.4 Å². The largest absolute Gasteiger partial charge is 0.544 e. The lowest BCUT2D eigenvalue weighted by Gasteiger charge is -2.34. The van der Waals surface area contributed by atoms with Crippen LogP contribution in [0.3, 0.4) is 0 Å². The van der Waals surface area contributed by atoms with E-state index in [1.54, 1.807) is 0 Å². The Morgan fingerprint density at radius 3 is 2.05 bits per heavy atom. The van der Waals surface area contributed by atoms with Gasteiger partial charge < -0.3 is 9.90 Å². The third-order valence-corrected chi connectivity index (χ3v) is 2.78. The molecule has 0 saturated carbocycles. The van der Waals surface area contributed by atoms with Crippen molar-refractivity contribution < 1.29 is 36.2 Å². The minimum absolute atomic E-state index is 0.212. The molecule has 3 nitrogen and oxygen atoms in total. The number of carboxylic acid groups (broad SMARTS) is 1. The zero-order chi connectivity index (χ0) is 16.4. The molecule has 0 spiro atoms. The van der Waals surface area contributed by atoms with Crippen molar-refractivity contribution in [2.24, 2.45) is 5.92 Å². The van der Waals surface area contributed by atoms with Crippen molar-refractivity contribution in [2.45, 2.75) is 38.0 Å². The van der Waals surface area contributed by atoms with Crippen LogP contribution in [0.2, 0.25) is 0 Å². The molecule has 0 saturated heterocycles. The van der Waals surface area contributed by atoms with E-state index in [9.17, 15) is 36.2 Å². The lowest BCUT2D eigenvalue weighted by molar-refractivity contribution is -0.298. The summed E-state index contributed by atoms with van der Waals surface area (Å²) in [4.78, 5) is 10.3. The standard InChI is InChI=1S/C11H11F6NO2/c1-6(3-11(15,16)17)9(2,12)10(13,14)4-7(5-18)8(19)20/h4,6H,3H2,1-2H3,(H,19,20)/p-1. The van der Waals surface area contributed by atoms with Gasteiger partial charge in [0.15, 0.2) is 5.67 Å². The van der Waals surface area contributed by atoms with Crippen molar-refractivity contribution in [1.82, 2.24) is 0 Å². The Kier molecular flexibility index (Phi) is 5.23. The van der Waals surface area contributed by atoms with Crippen molar-refractivity contribution in [3.63, 3.8) is 0 Å². The summed E-state index contributed by atoms with van der Waals surface area (Å²) >= 11 is 0. The summed E-state index contributed by atoms with van der Waals surface area (Å²) in [7, 11) is 0. The van der Waals surface area contributed by atoms with Gasteiger partial charge in [0.2, 0.25) is 0 Å². The lowest BCUT2D eigenvalue weighted by atomic mass is 9.83. The van der Waals surface area contributed by atoms with Crippen LogP contribution in [0.15, 0.2) is 11.6 Å². The van der Waals surface area contributed by atoms with Gasteiger partial charge in [-0.15, -0.1) is 0 Å². The highest BCUT2D eigenvalue weighted by molar-refractivity contribution is 5.89. The first-order chi connectivity index (χ1) is 8.74. The average molecular weight is 302 g/mol. The second-order valence-corrected chi connectivity index (χ2v) is 4.38. The van der Waals surface area contributed by atoms with Crippen molar-refractivity contribution >= 4 is 5.97 Å². The molecule has 0 rings (SSSR count). The molecule has 114 valence electrons. The lowest BCUT2D eigenvalue weighted by Crippen LogP contribution is -2.47. The van der Waals surface area contributed by atoms with E-state index in [0.717, 1.165) is 6.07 Å². The number of hydrogen-bond acceptors (Lipinski definition) is 3. The summed E-state index contributed by atoms with van der Waals surface area (Å²) in [6, 6.07) is 0.847. The Balaban J connectivity index is 5.47. The number of alkyl halides is 6. The SMILES string of the molecule is CC(CC(F)(F)F)C(C)(F)C(F)(F)C=C(C#N)C(=O)[O-]. The molecule has 0 fully saturated rings. The molecule has 0 aliphatic carbocycles. The summed E-state index contributed by atoms with van der Waals surface area (Å²) < 4.78 is 77.4. The molecule has 0 bridgehead atoms. The molecule has 0 aromatic carbocycles. The normalized spacial score (nSPS) is 18.1. The van der Waals surface area contributed by atoms with E-state index in [-0.39, 0.29) is 6.92 Å². The van der Waals surface area contributed by atoms with E-state index in [0.29, 0.717) is 6.92 Å². The number of carbonyl (C=O) groups is 1. The molecule has 0 aliphatic heterocycles. The fraction of sp³-hybridized carbons (Fsp3) is 0.636. The van der Waals surface area contributed by atoms with Crippen LogP contribution < -0.4 is 5.11 Å². The molecule has 0 N–H and O–H groups in total. The van der Waals surface area contributed by atoms with Gasteiger partial charge in [-0.25, -0.2) is 4.39 Å². The Morgan fingerprint density at radius 2 is 1.75 bits per heavy atom. The highest BCUT2D eigenvalue weighted by atomic mass is 19.4. The number of allylic oxidation sites excluding steroid dienone is 1. The third-order valence-electron chi connectivity index (χ3n) is 2.78. The number of rotatable bonds is 5. The summed E-state index contributed by atoms with van der Waals surface area (Å²) in [5.41, 5.74) is -5.25. The average Bonchev–Trinajstić information content (AvgIpc) is 2.22. The third kappa shape index (κ3) is 4.43. The Hall–Kier alpha value is -1.72. The monoisotopic (exact) mass is 302 g/mol. The molecule has 0 aromatic heterocycles. The van der Waals surface area contributed by atoms with Gasteiger partial charge in [0.25, 0.3) is 0 Å². The molecule has 0 heterocycles. The maximum atomic E-state index is 13.9. The van der Waals surface area contributed by atoms with Gasteiger partial charge in [-0.2, -0.15) is 27.2 Å². The van der Waals surface area contributed by atoms with Gasteiger partial charge >= 0.3 is 12.1 Å². The quantitative estimate of drug-likeness (QED) is 0.444. The van der Waals surface area contributed by atoms with E-state index in [4.69, 9.17) is 5.26 Å². The van der Waals surface area contributed by atoms with E-state index in [2.05, 4.69) is 0 Å². The molecule has 9 heteroatoms. The summed E-state index contributed by atoms with van der Waals surface area (Å²) in [5.74, 6) is -9.01. The minimum atomic E-state index is -4.86. The predicted octanol–water partition coefficient (Wildman–Crippen LogP) is 2.14. The topological polar surface area (TPSA) is 63.9 Å². The smallest absolute Gasteiger partial charge is 0.389 e. The van der Waals surface area contributed by atoms with Crippen LogP contribution in [0.5, 0.6) is 0 Å². The Bertz CT molecular complexity index is 447. The summed E-state index contributed by atoms with van der Waals surface area (Å²) in [5, 5.41) is 18.6. The van der Waals surface area contributed by atoms with Gasteiger partial charge in [-0.05, 0) is 6.92 Å². The van der Waals surface area contributed by atoms with Gasteiger partial charge in [-0.3, -0.25) is 0 Å². The fourth-order valence-corrected chi connectivity index (χ4v) is 1.33. The van der Waals surface area contributed by atoms with Crippen LogP contribution in [-0.2, 0) is 4.79 Å². The first kappa shape index (κ1) is 18.3. The highest BCUT2D eigenvalue weighted by Gasteiger charge is 2.55. The van der Waals surface area contributed by atoms with E-state index < -0.39 is 47.7 Å². The predicted molar refractivity (Wildman–Crippen MR) is 53.0 cm³/mol. The van der Waals surface area contributed by atoms with Crippen molar-refractivity contribution in [3.8, 4) is 6.07 Å². The van der Waals surface area contributed by atoms with Crippen LogP contribution in [0.1, 0.15) is 20.3 Å². The number of carbonyl (C=O) groups excluding carboxylic acids is 1. The number of carboxylic acids is 1. The second-order valence-electron chi connectivity index (χ2n) is 4.38. The molecule has 0 aliphatic rings. The number of halogens is 6. The minimum Gasteiger partial charge on any atom is -0.544 e. The van der Waals surface area contributed by atoms with Gasteiger partial charge in [0.05, 0.1) is 11.5 Å². The van der Waals surface area contributed by atoms with Gasteiger partial charge in [-0.1, -0.05) is 6.92 Å². The van der Waals surface area contributed by atoms with E-state index in [1.807, 2.05) is 0 Å². The fourth-order valence-electron chi connectivity index (χ4n) is 1.33.